The minimum atomic E-state index is -4.04. The Balaban J connectivity index is 2.46. The van der Waals surface area contributed by atoms with Crippen LogP contribution in [-0.2, 0) is 9.05 Å². The fourth-order valence-electron chi connectivity index (χ4n) is 2.43. The summed E-state index contributed by atoms with van der Waals surface area (Å²) in [5, 5.41) is 0.0186. The molecular formula is C13H14Cl3NO3S. The number of benzene rings is 1. The van der Waals surface area contributed by atoms with E-state index in [9.17, 15) is 13.2 Å². The molecule has 1 unspecified atom stereocenters. The first kappa shape index (κ1) is 16.9. The first-order valence-corrected chi connectivity index (χ1v) is 9.53. The van der Waals surface area contributed by atoms with E-state index in [1.165, 1.54) is 6.07 Å². The molecule has 1 aromatic carbocycles. The van der Waals surface area contributed by atoms with Crippen molar-refractivity contribution in [1.29, 1.82) is 0 Å². The van der Waals surface area contributed by atoms with Crippen LogP contribution in [0.1, 0.15) is 36.5 Å². The van der Waals surface area contributed by atoms with E-state index in [0.717, 1.165) is 25.3 Å². The van der Waals surface area contributed by atoms with Crippen LogP contribution in [0.2, 0.25) is 10.0 Å². The van der Waals surface area contributed by atoms with Crippen LogP contribution in [-0.4, -0.2) is 31.8 Å². The van der Waals surface area contributed by atoms with Gasteiger partial charge in [-0.3, -0.25) is 4.79 Å². The normalized spacial score (nSPS) is 19.6. The summed E-state index contributed by atoms with van der Waals surface area (Å²) in [6, 6.07) is 2.48. The maximum Gasteiger partial charge on any atom is 0.262 e. The van der Waals surface area contributed by atoms with Gasteiger partial charge in [0.2, 0.25) is 0 Å². The van der Waals surface area contributed by atoms with E-state index >= 15 is 0 Å². The molecule has 0 aliphatic carbocycles. The molecule has 1 aliphatic rings. The van der Waals surface area contributed by atoms with Gasteiger partial charge in [-0.05, 0) is 38.3 Å². The van der Waals surface area contributed by atoms with Gasteiger partial charge in [-0.25, -0.2) is 8.42 Å². The lowest BCUT2D eigenvalue weighted by atomic mass is 10.0. The fraction of sp³-hybridized carbons (Fsp3) is 0.462. The zero-order valence-corrected chi connectivity index (χ0v) is 14.4. The fourth-order valence-corrected chi connectivity index (χ4v) is 4.26. The van der Waals surface area contributed by atoms with Crippen LogP contribution in [0.5, 0.6) is 0 Å². The van der Waals surface area contributed by atoms with Gasteiger partial charge in [0, 0.05) is 23.3 Å². The van der Waals surface area contributed by atoms with Gasteiger partial charge in [0.1, 0.15) is 4.90 Å². The van der Waals surface area contributed by atoms with Gasteiger partial charge in [-0.1, -0.05) is 23.2 Å². The van der Waals surface area contributed by atoms with Crippen LogP contribution >= 0.6 is 33.9 Å². The molecule has 1 atom stereocenters. The molecule has 0 spiro atoms. The largest absolute Gasteiger partial charge is 0.336 e. The molecule has 1 aromatic rings. The number of hydrogen-bond acceptors (Lipinski definition) is 3. The van der Waals surface area contributed by atoms with Crippen molar-refractivity contribution in [3.63, 3.8) is 0 Å². The highest BCUT2D eigenvalue weighted by Gasteiger charge is 2.28. The lowest BCUT2D eigenvalue weighted by molar-refractivity contribution is 0.0635. The molecule has 0 radical (unpaired) electrons. The molecule has 1 heterocycles. The summed E-state index contributed by atoms with van der Waals surface area (Å²) in [6.07, 6.45) is 2.90. The summed E-state index contributed by atoms with van der Waals surface area (Å²) < 4.78 is 23.0. The average molecular weight is 371 g/mol. The smallest absolute Gasteiger partial charge is 0.262 e. The molecule has 2 rings (SSSR count). The van der Waals surface area contributed by atoms with Gasteiger partial charge in [0.05, 0.1) is 15.6 Å². The van der Waals surface area contributed by atoms with Crippen LogP contribution in [0.3, 0.4) is 0 Å². The Bertz CT molecular complexity index is 675. The highest BCUT2D eigenvalue weighted by atomic mass is 35.7. The van der Waals surface area contributed by atoms with Crippen LogP contribution in [0.25, 0.3) is 0 Å². The van der Waals surface area contributed by atoms with E-state index in [-0.39, 0.29) is 32.5 Å². The predicted molar refractivity (Wildman–Crippen MR) is 83.9 cm³/mol. The second-order valence-electron chi connectivity index (χ2n) is 5.04. The zero-order chi connectivity index (χ0) is 15.8. The minimum Gasteiger partial charge on any atom is -0.336 e. The van der Waals surface area contributed by atoms with E-state index in [4.69, 9.17) is 33.9 Å². The van der Waals surface area contributed by atoms with Crippen molar-refractivity contribution >= 4 is 48.8 Å². The minimum absolute atomic E-state index is 0.0917. The Kier molecular flexibility index (Phi) is 5.08. The number of halogens is 3. The summed E-state index contributed by atoms with van der Waals surface area (Å²) in [4.78, 5) is 14.0. The monoisotopic (exact) mass is 369 g/mol. The lowest BCUT2D eigenvalue weighted by Gasteiger charge is -2.33. The van der Waals surface area contributed by atoms with Gasteiger partial charge in [0.15, 0.2) is 0 Å². The molecule has 0 bridgehead atoms. The second-order valence-corrected chi connectivity index (χ2v) is 8.39. The maximum absolute atomic E-state index is 12.6. The summed E-state index contributed by atoms with van der Waals surface area (Å²) in [7, 11) is 1.29. The van der Waals surface area contributed by atoms with E-state index in [1.54, 1.807) is 4.90 Å². The van der Waals surface area contributed by atoms with Crippen LogP contribution in [0.15, 0.2) is 17.0 Å². The zero-order valence-electron chi connectivity index (χ0n) is 11.3. The highest BCUT2D eigenvalue weighted by molar-refractivity contribution is 8.13. The predicted octanol–water partition coefficient (Wildman–Crippen LogP) is 3.94. The topological polar surface area (TPSA) is 54.5 Å². The Morgan fingerprint density at radius 1 is 1.24 bits per heavy atom. The Hall–Kier alpha value is -0.490. The summed E-state index contributed by atoms with van der Waals surface area (Å²) >= 11 is 11.9. The van der Waals surface area contributed by atoms with E-state index in [1.807, 2.05) is 6.92 Å². The molecule has 0 saturated carbocycles. The Labute approximate surface area is 138 Å². The van der Waals surface area contributed by atoms with E-state index in [2.05, 4.69) is 0 Å². The van der Waals surface area contributed by atoms with Crippen molar-refractivity contribution in [3.05, 3.63) is 27.7 Å². The van der Waals surface area contributed by atoms with Crippen molar-refractivity contribution in [1.82, 2.24) is 4.90 Å². The third-order valence-electron chi connectivity index (χ3n) is 3.58. The summed E-state index contributed by atoms with van der Waals surface area (Å²) in [6.45, 7) is 2.59. The molecule has 21 heavy (non-hydrogen) atoms. The lowest BCUT2D eigenvalue weighted by Crippen LogP contribution is -2.42. The average Bonchev–Trinajstić information content (AvgIpc) is 2.37. The van der Waals surface area contributed by atoms with E-state index < -0.39 is 9.05 Å². The van der Waals surface area contributed by atoms with Crippen molar-refractivity contribution in [2.24, 2.45) is 0 Å². The number of nitrogens with zero attached hydrogens (tertiary/aromatic N) is 1. The molecule has 1 saturated heterocycles. The molecule has 1 amide bonds. The maximum atomic E-state index is 12.6. The molecule has 4 nitrogen and oxygen atoms in total. The third kappa shape index (κ3) is 3.65. The number of hydrogen-bond donors (Lipinski definition) is 0. The van der Waals surface area contributed by atoms with Gasteiger partial charge in [-0.2, -0.15) is 0 Å². The number of piperidine rings is 1. The molecular weight excluding hydrogens is 357 g/mol. The van der Waals surface area contributed by atoms with Crippen LogP contribution < -0.4 is 0 Å². The van der Waals surface area contributed by atoms with Crippen molar-refractivity contribution in [2.45, 2.75) is 37.1 Å². The standard InChI is InChI=1S/C13H14Cl3NO3S/c1-8-4-2-3-5-17(8)13(18)9-6-12(21(16,19)20)11(15)7-10(9)14/h6-8H,2-5H2,1H3. The van der Waals surface area contributed by atoms with Gasteiger partial charge in [0.25, 0.3) is 15.0 Å². The molecule has 1 aliphatic heterocycles. The highest BCUT2D eigenvalue weighted by Crippen LogP contribution is 2.32. The quantitative estimate of drug-likeness (QED) is 0.741. The third-order valence-corrected chi connectivity index (χ3v) is 5.68. The molecule has 0 N–H and O–H groups in total. The first-order chi connectivity index (χ1) is 9.71. The second kappa shape index (κ2) is 6.32. The SMILES string of the molecule is CC1CCCCN1C(=O)c1cc(S(=O)(=O)Cl)c(Cl)cc1Cl. The first-order valence-electron chi connectivity index (χ1n) is 6.46. The number of carbonyl (C=O) groups is 1. The molecule has 116 valence electrons. The number of likely N-dealkylation sites (tertiary alicyclic amines) is 1. The van der Waals surface area contributed by atoms with Crippen molar-refractivity contribution in [3.8, 4) is 0 Å². The summed E-state index contributed by atoms with van der Waals surface area (Å²) in [5.41, 5.74) is 0.106. The molecule has 8 heteroatoms. The van der Waals surface area contributed by atoms with E-state index in [0.29, 0.717) is 6.54 Å². The molecule has 1 fully saturated rings. The van der Waals surface area contributed by atoms with Crippen molar-refractivity contribution in [2.75, 3.05) is 6.54 Å². The van der Waals surface area contributed by atoms with Gasteiger partial charge < -0.3 is 4.90 Å². The number of rotatable bonds is 2. The van der Waals surface area contributed by atoms with Crippen LogP contribution in [0.4, 0.5) is 0 Å². The van der Waals surface area contributed by atoms with Gasteiger partial charge >= 0.3 is 0 Å². The molecule has 0 aromatic heterocycles. The van der Waals surface area contributed by atoms with Crippen LogP contribution in [0, 0.1) is 0 Å². The Morgan fingerprint density at radius 2 is 1.90 bits per heavy atom. The summed E-state index contributed by atoms with van der Waals surface area (Å²) in [5.74, 6) is -0.301. The van der Waals surface area contributed by atoms with Gasteiger partial charge in [-0.15, -0.1) is 0 Å². The number of amides is 1. The Morgan fingerprint density at radius 3 is 2.48 bits per heavy atom. The number of carbonyl (C=O) groups excluding carboxylic acids is 1. The van der Waals surface area contributed by atoms with Crippen molar-refractivity contribution < 1.29 is 13.2 Å².